The fraction of sp³-hybridized carbons (Fsp3) is 0.200. The van der Waals surface area contributed by atoms with Crippen LogP contribution in [-0.4, -0.2) is 44.0 Å². The van der Waals surface area contributed by atoms with Crippen LogP contribution in [0.25, 0.3) is 0 Å². The van der Waals surface area contributed by atoms with Crippen molar-refractivity contribution in [3.8, 4) is 5.75 Å². The van der Waals surface area contributed by atoms with Crippen LogP contribution in [0.5, 0.6) is 5.75 Å². The number of carbonyl (C=O) groups excluding carboxylic acids is 3. The van der Waals surface area contributed by atoms with Gasteiger partial charge in [0.05, 0.1) is 12.7 Å². The summed E-state index contributed by atoms with van der Waals surface area (Å²) in [5.74, 6) is -1.17. The van der Waals surface area contributed by atoms with Gasteiger partial charge in [-0.2, -0.15) is 13.2 Å². The Morgan fingerprint density at radius 1 is 0.946 bits per heavy atom. The number of alkyl halides is 3. The number of carbonyl (C=O) groups is 3. The van der Waals surface area contributed by atoms with Crippen molar-refractivity contribution in [2.45, 2.75) is 13.1 Å². The zero-order chi connectivity index (χ0) is 27.3. The first kappa shape index (κ1) is 27.0. The molecule has 3 aromatic rings. The lowest BCUT2D eigenvalue weighted by atomic mass is 10.1. The number of aryl methyl sites for hydroxylation is 1. The number of aromatic nitrogens is 1. The summed E-state index contributed by atoms with van der Waals surface area (Å²) < 4.78 is 44.5. The Balaban J connectivity index is 1.81. The Morgan fingerprint density at radius 2 is 1.68 bits per heavy atom. The van der Waals surface area contributed by atoms with Gasteiger partial charge < -0.3 is 20.7 Å². The van der Waals surface area contributed by atoms with Gasteiger partial charge >= 0.3 is 12.2 Å². The second kappa shape index (κ2) is 11.0. The fourth-order valence-electron chi connectivity index (χ4n) is 3.35. The molecule has 9 nitrogen and oxygen atoms in total. The lowest BCUT2D eigenvalue weighted by molar-refractivity contribution is -0.137. The number of rotatable bonds is 6. The summed E-state index contributed by atoms with van der Waals surface area (Å²) in [6.07, 6.45) is -3.25. The van der Waals surface area contributed by atoms with Crippen molar-refractivity contribution in [1.29, 1.82) is 0 Å². The van der Waals surface area contributed by atoms with Crippen molar-refractivity contribution < 1.29 is 32.3 Å². The van der Waals surface area contributed by atoms with E-state index in [9.17, 15) is 27.6 Å². The fourth-order valence-corrected chi connectivity index (χ4v) is 3.35. The molecule has 3 rings (SSSR count). The molecule has 0 fully saturated rings. The second-order valence-corrected chi connectivity index (χ2v) is 7.90. The number of benzene rings is 2. The number of ether oxygens (including phenoxy) is 1. The highest BCUT2D eigenvalue weighted by molar-refractivity contribution is 6.07. The number of nitrogens with one attached hydrogen (secondary N) is 3. The van der Waals surface area contributed by atoms with E-state index in [2.05, 4.69) is 20.9 Å². The van der Waals surface area contributed by atoms with Crippen molar-refractivity contribution in [2.24, 2.45) is 0 Å². The monoisotopic (exact) mass is 515 g/mol. The Bertz CT molecular complexity index is 1340. The van der Waals surface area contributed by atoms with Gasteiger partial charge in [0.25, 0.3) is 11.8 Å². The van der Waals surface area contributed by atoms with Crippen LogP contribution in [0.1, 0.15) is 32.0 Å². The molecule has 3 N–H and O–H groups in total. The highest BCUT2D eigenvalue weighted by Gasteiger charge is 2.31. The van der Waals surface area contributed by atoms with Gasteiger partial charge in [0.15, 0.2) is 0 Å². The number of halogens is 3. The lowest BCUT2D eigenvalue weighted by Crippen LogP contribution is -2.32. The van der Waals surface area contributed by atoms with Crippen molar-refractivity contribution >= 4 is 34.9 Å². The minimum Gasteiger partial charge on any atom is -0.497 e. The summed E-state index contributed by atoms with van der Waals surface area (Å²) in [6, 6.07) is 9.80. The average Bonchev–Trinajstić information content (AvgIpc) is 2.87. The minimum atomic E-state index is -4.63. The summed E-state index contributed by atoms with van der Waals surface area (Å²) >= 11 is 0. The molecule has 37 heavy (non-hydrogen) atoms. The zero-order valence-electron chi connectivity index (χ0n) is 20.4. The largest absolute Gasteiger partial charge is 0.497 e. The predicted octanol–water partition coefficient (Wildman–Crippen LogP) is 4.70. The SMILES string of the molecule is CNC(=O)c1cc(NC(=O)N(C)c2cc(C(=O)Nc3cc(OC)cc(C(F)(F)F)c3)ccc2C)ccn1. The number of pyridine rings is 1. The van der Waals surface area contributed by atoms with Gasteiger partial charge in [0.1, 0.15) is 11.4 Å². The molecule has 1 heterocycles. The van der Waals surface area contributed by atoms with Gasteiger partial charge in [0, 0.05) is 49.0 Å². The first-order valence-electron chi connectivity index (χ1n) is 10.8. The third-order valence-electron chi connectivity index (χ3n) is 5.34. The van der Waals surface area contributed by atoms with Crippen LogP contribution in [-0.2, 0) is 6.18 Å². The van der Waals surface area contributed by atoms with Crippen molar-refractivity contribution in [3.63, 3.8) is 0 Å². The van der Waals surface area contributed by atoms with E-state index in [4.69, 9.17) is 4.74 Å². The summed E-state index contributed by atoms with van der Waals surface area (Å²) in [5, 5.41) is 7.54. The van der Waals surface area contributed by atoms with E-state index in [1.165, 1.54) is 62.6 Å². The second-order valence-electron chi connectivity index (χ2n) is 7.90. The Labute approximate surface area is 210 Å². The van der Waals surface area contributed by atoms with Gasteiger partial charge in [-0.1, -0.05) is 6.07 Å². The molecule has 0 saturated carbocycles. The normalized spacial score (nSPS) is 10.9. The van der Waals surface area contributed by atoms with E-state index in [1.54, 1.807) is 13.0 Å². The highest BCUT2D eigenvalue weighted by Crippen LogP contribution is 2.34. The molecule has 12 heteroatoms. The number of nitrogens with zero attached hydrogens (tertiary/aromatic N) is 2. The van der Waals surface area contributed by atoms with E-state index in [-0.39, 0.29) is 22.7 Å². The quantitative estimate of drug-likeness (QED) is 0.441. The number of urea groups is 1. The summed E-state index contributed by atoms with van der Waals surface area (Å²) in [7, 11) is 4.16. The van der Waals surface area contributed by atoms with Crippen LogP contribution >= 0.6 is 0 Å². The molecule has 0 radical (unpaired) electrons. The standard InChI is InChI=1S/C25H24F3N5O4/c1-14-5-6-15(22(34)31-18-10-16(25(26,27)28)11-19(12-18)37-4)9-21(14)33(3)24(36)32-17-7-8-30-20(13-17)23(35)29-2/h5-13H,1-4H3,(H,29,35)(H,31,34)(H,30,32,36). The Hall–Kier alpha value is -4.61. The maximum absolute atomic E-state index is 13.2. The molecule has 0 atom stereocenters. The molecule has 0 unspecified atom stereocenters. The van der Waals surface area contributed by atoms with Crippen LogP contribution in [0.4, 0.5) is 35.0 Å². The topological polar surface area (TPSA) is 113 Å². The molecule has 0 bridgehead atoms. The van der Waals surface area contributed by atoms with Crippen LogP contribution in [0.3, 0.4) is 0 Å². The van der Waals surface area contributed by atoms with Gasteiger partial charge in [-0.15, -0.1) is 0 Å². The molecular weight excluding hydrogens is 491 g/mol. The Morgan fingerprint density at radius 3 is 2.32 bits per heavy atom. The van der Waals surface area contributed by atoms with Gasteiger partial charge in [-0.3, -0.25) is 19.5 Å². The summed E-state index contributed by atoms with van der Waals surface area (Å²) in [6.45, 7) is 1.73. The maximum atomic E-state index is 13.2. The van der Waals surface area contributed by atoms with Gasteiger partial charge in [-0.05, 0) is 48.9 Å². The molecule has 194 valence electrons. The van der Waals surface area contributed by atoms with Gasteiger partial charge in [0.2, 0.25) is 0 Å². The van der Waals surface area contributed by atoms with Gasteiger partial charge in [-0.25, -0.2) is 4.79 Å². The molecule has 0 spiro atoms. The average molecular weight is 515 g/mol. The first-order chi connectivity index (χ1) is 17.4. The molecule has 0 aliphatic rings. The van der Waals surface area contributed by atoms with Crippen molar-refractivity contribution in [1.82, 2.24) is 10.3 Å². The maximum Gasteiger partial charge on any atom is 0.416 e. The highest BCUT2D eigenvalue weighted by atomic mass is 19.4. The van der Waals surface area contributed by atoms with E-state index in [0.717, 1.165) is 12.1 Å². The van der Waals surface area contributed by atoms with Crippen molar-refractivity contribution in [3.05, 3.63) is 77.1 Å². The van der Waals surface area contributed by atoms with Crippen LogP contribution < -0.4 is 25.6 Å². The molecule has 0 aliphatic heterocycles. The number of hydrogen-bond acceptors (Lipinski definition) is 5. The van der Waals surface area contributed by atoms with Crippen LogP contribution in [0.15, 0.2) is 54.7 Å². The van der Waals surface area contributed by atoms with Crippen LogP contribution in [0.2, 0.25) is 0 Å². The molecule has 0 aliphatic carbocycles. The molecular formula is C25H24F3N5O4. The molecule has 2 aromatic carbocycles. The molecule has 1 aromatic heterocycles. The third-order valence-corrected chi connectivity index (χ3v) is 5.34. The molecule has 4 amide bonds. The number of anilines is 3. The Kier molecular flexibility index (Phi) is 8.01. The third kappa shape index (κ3) is 6.54. The smallest absolute Gasteiger partial charge is 0.416 e. The predicted molar refractivity (Wildman–Crippen MR) is 132 cm³/mol. The van der Waals surface area contributed by atoms with E-state index in [1.807, 2.05) is 0 Å². The van der Waals surface area contributed by atoms with E-state index < -0.39 is 29.6 Å². The number of hydrogen-bond donors (Lipinski definition) is 3. The number of methoxy groups -OCH3 is 1. The number of amides is 4. The zero-order valence-corrected chi connectivity index (χ0v) is 20.4. The van der Waals surface area contributed by atoms with E-state index >= 15 is 0 Å². The summed E-state index contributed by atoms with van der Waals surface area (Å²) in [4.78, 5) is 42.7. The van der Waals surface area contributed by atoms with E-state index in [0.29, 0.717) is 16.9 Å². The first-order valence-corrected chi connectivity index (χ1v) is 10.8. The lowest BCUT2D eigenvalue weighted by Gasteiger charge is -2.21. The summed E-state index contributed by atoms with van der Waals surface area (Å²) in [5.41, 5.74) is 0.526. The minimum absolute atomic E-state index is 0.0678. The van der Waals surface area contributed by atoms with Crippen LogP contribution in [0, 0.1) is 6.92 Å². The van der Waals surface area contributed by atoms with Crippen molar-refractivity contribution in [2.75, 3.05) is 36.7 Å². The molecule has 0 saturated heterocycles.